The number of hydrogen-bond donors (Lipinski definition) is 2. The Labute approximate surface area is 52.8 Å². The van der Waals surface area contributed by atoms with Crippen LogP contribution in [0.25, 0.3) is 0 Å². The maximum Gasteiger partial charge on any atom is 0.217 e. The number of hydrogen-bond acceptors (Lipinski definition) is 4. The Bertz CT molecular complexity index is 125. The maximum absolute atomic E-state index is 10.7. The molecule has 4 heteroatoms. The number of carbonyl (C=O) groups is 1. The van der Waals surface area contributed by atoms with E-state index in [0.29, 0.717) is 0 Å². The second kappa shape index (κ2) is 2.43. The fraction of sp³-hybridized carbons (Fsp3) is 0.800. The third kappa shape index (κ3) is 1.10. The van der Waals surface area contributed by atoms with Crippen molar-refractivity contribution in [2.75, 3.05) is 13.7 Å². The smallest absolute Gasteiger partial charge is 0.217 e. The van der Waals surface area contributed by atoms with Crippen molar-refractivity contribution in [1.82, 2.24) is 5.32 Å². The molecule has 52 valence electrons. The van der Waals surface area contributed by atoms with Crippen molar-refractivity contribution in [3.05, 3.63) is 0 Å². The molecule has 1 rings (SSSR count). The highest BCUT2D eigenvalue weighted by Gasteiger charge is 2.32. The maximum atomic E-state index is 10.7. The molecule has 0 saturated carbocycles. The van der Waals surface area contributed by atoms with Crippen molar-refractivity contribution in [2.45, 2.75) is 12.3 Å². The van der Waals surface area contributed by atoms with Gasteiger partial charge in [0.25, 0.3) is 0 Å². The summed E-state index contributed by atoms with van der Waals surface area (Å²) in [5.41, 5.74) is 0. The van der Waals surface area contributed by atoms with Crippen molar-refractivity contribution in [3.63, 3.8) is 0 Å². The minimum absolute atomic E-state index is 0.274. The van der Waals surface area contributed by atoms with Crippen molar-refractivity contribution >= 4 is 5.78 Å². The molecule has 1 fully saturated rings. The number of carbonyl (C=O) groups excluding carboxylic acids is 1. The molecule has 1 aliphatic rings. The van der Waals surface area contributed by atoms with E-state index in [9.17, 15) is 4.79 Å². The topological polar surface area (TPSA) is 58.6 Å². The standard InChI is InChI=1S/C5H9NO3/c1-6-3-2-9-5(8)4(3)7/h3,5-6,8H,2H2,1H3. The number of Topliss-reactive ketones (excluding diaryl/α,β-unsaturated/α-hetero) is 1. The molecule has 0 radical (unpaired) electrons. The zero-order valence-electron chi connectivity index (χ0n) is 5.13. The van der Waals surface area contributed by atoms with Gasteiger partial charge in [-0.3, -0.25) is 4.79 Å². The highest BCUT2D eigenvalue weighted by atomic mass is 16.6. The highest BCUT2D eigenvalue weighted by Crippen LogP contribution is 2.04. The molecule has 0 bridgehead atoms. The molecule has 1 saturated heterocycles. The molecule has 1 heterocycles. The average Bonchev–Trinajstić information content (AvgIpc) is 2.15. The Morgan fingerprint density at radius 1 is 1.89 bits per heavy atom. The highest BCUT2D eigenvalue weighted by molar-refractivity contribution is 5.88. The van der Waals surface area contributed by atoms with Gasteiger partial charge in [-0.05, 0) is 7.05 Å². The van der Waals surface area contributed by atoms with Crippen LogP contribution in [-0.4, -0.2) is 36.9 Å². The average molecular weight is 131 g/mol. The molecule has 1 aliphatic heterocycles. The summed E-state index contributed by atoms with van der Waals surface area (Å²) in [4.78, 5) is 10.7. The van der Waals surface area contributed by atoms with Crippen molar-refractivity contribution in [1.29, 1.82) is 0 Å². The molecule has 2 atom stereocenters. The first kappa shape index (κ1) is 6.67. The molecule has 9 heavy (non-hydrogen) atoms. The van der Waals surface area contributed by atoms with Gasteiger partial charge in [-0.1, -0.05) is 0 Å². The van der Waals surface area contributed by atoms with Gasteiger partial charge in [0.15, 0.2) is 0 Å². The number of aliphatic hydroxyl groups excluding tert-OH is 1. The Morgan fingerprint density at radius 2 is 2.56 bits per heavy atom. The zero-order valence-corrected chi connectivity index (χ0v) is 5.13. The van der Waals surface area contributed by atoms with Crippen LogP contribution in [0.5, 0.6) is 0 Å². The van der Waals surface area contributed by atoms with E-state index in [4.69, 9.17) is 5.11 Å². The van der Waals surface area contributed by atoms with Crippen molar-refractivity contribution in [3.8, 4) is 0 Å². The van der Waals surface area contributed by atoms with Gasteiger partial charge in [0.05, 0.1) is 12.6 Å². The first-order valence-electron chi connectivity index (χ1n) is 2.76. The van der Waals surface area contributed by atoms with Crippen LogP contribution in [0.15, 0.2) is 0 Å². The lowest BCUT2D eigenvalue weighted by molar-refractivity contribution is -0.139. The minimum Gasteiger partial charge on any atom is -0.362 e. The zero-order chi connectivity index (χ0) is 6.85. The van der Waals surface area contributed by atoms with Crippen molar-refractivity contribution in [2.24, 2.45) is 0 Å². The van der Waals surface area contributed by atoms with Gasteiger partial charge < -0.3 is 15.2 Å². The molecule has 0 amide bonds. The second-order valence-electron chi connectivity index (χ2n) is 1.93. The predicted octanol–water partition coefficient (Wildman–Crippen LogP) is -1.51. The summed E-state index contributed by atoms with van der Waals surface area (Å²) < 4.78 is 4.61. The van der Waals surface area contributed by atoms with E-state index in [0.717, 1.165) is 0 Å². The number of rotatable bonds is 1. The fourth-order valence-electron chi connectivity index (χ4n) is 0.749. The summed E-state index contributed by atoms with van der Waals surface area (Å²) in [6.45, 7) is 0.274. The molecule has 0 aliphatic carbocycles. The summed E-state index contributed by atoms with van der Waals surface area (Å²) in [5.74, 6) is -0.280. The molecule has 2 unspecified atom stereocenters. The van der Waals surface area contributed by atoms with Crippen LogP contribution in [0.3, 0.4) is 0 Å². The van der Waals surface area contributed by atoms with E-state index in [1.165, 1.54) is 0 Å². The Hall–Kier alpha value is -0.450. The molecule has 2 N–H and O–H groups in total. The molecule has 0 spiro atoms. The summed E-state index contributed by atoms with van der Waals surface area (Å²) in [5, 5.41) is 11.4. The van der Waals surface area contributed by atoms with Gasteiger partial charge in [0, 0.05) is 0 Å². The summed E-state index contributed by atoms with van der Waals surface area (Å²) in [6, 6.07) is -0.319. The van der Waals surface area contributed by atoms with Crippen LogP contribution in [0.1, 0.15) is 0 Å². The SMILES string of the molecule is CNC1COC(O)C1=O. The molecule has 0 aromatic carbocycles. The second-order valence-corrected chi connectivity index (χ2v) is 1.93. The Morgan fingerprint density at radius 3 is 2.78 bits per heavy atom. The van der Waals surface area contributed by atoms with Gasteiger partial charge in [-0.25, -0.2) is 0 Å². The number of aliphatic hydroxyl groups is 1. The normalized spacial score (nSPS) is 35.6. The van der Waals surface area contributed by atoms with Crippen LogP contribution >= 0.6 is 0 Å². The quantitative estimate of drug-likeness (QED) is 0.454. The largest absolute Gasteiger partial charge is 0.362 e. The predicted molar refractivity (Wildman–Crippen MR) is 29.8 cm³/mol. The first-order valence-corrected chi connectivity index (χ1v) is 2.76. The fourth-order valence-corrected chi connectivity index (χ4v) is 0.749. The third-order valence-electron chi connectivity index (χ3n) is 1.36. The lowest BCUT2D eigenvalue weighted by Gasteiger charge is -2.00. The van der Waals surface area contributed by atoms with Crippen LogP contribution in [0.4, 0.5) is 0 Å². The minimum atomic E-state index is -1.21. The lowest BCUT2D eigenvalue weighted by Crippen LogP contribution is -2.34. The van der Waals surface area contributed by atoms with E-state index in [1.807, 2.05) is 0 Å². The van der Waals surface area contributed by atoms with Gasteiger partial charge in [0.1, 0.15) is 0 Å². The van der Waals surface area contributed by atoms with E-state index < -0.39 is 6.29 Å². The molecule has 0 aromatic heterocycles. The molecular formula is C5H9NO3. The summed E-state index contributed by atoms with van der Waals surface area (Å²) in [7, 11) is 1.66. The molecule has 0 aromatic rings. The van der Waals surface area contributed by atoms with Crippen LogP contribution in [0, 0.1) is 0 Å². The van der Waals surface area contributed by atoms with Crippen molar-refractivity contribution < 1.29 is 14.6 Å². The van der Waals surface area contributed by atoms with E-state index in [1.54, 1.807) is 7.05 Å². The van der Waals surface area contributed by atoms with Gasteiger partial charge in [0.2, 0.25) is 12.1 Å². The van der Waals surface area contributed by atoms with Crippen LogP contribution in [-0.2, 0) is 9.53 Å². The summed E-state index contributed by atoms with van der Waals surface area (Å²) in [6.07, 6.45) is -1.21. The van der Waals surface area contributed by atoms with E-state index in [-0.39, 0.29) is 18.4 Å². The van der Waals surface area contributed by atoms with Gasteiger partial charge in [-0.15, -0.1) is 0 Å². The number of likely N-dealkylation sites (N-methyl/N-ethyl adjacent to an activating group) is 1. The third-order valence-corrected chi connectivity index (χ3v) is 1.36. The Kier molecular flexibility index (Phi) is 1.80. The Balaban J connectivity index is 2.51. The monoisotopic (exact) mass is 131 g/mol. The van der Waals surface area contributed by atoms with E-state index >= 15 is 0 Å². The van der Waals surface area contributed by atoms with Gasteiger partial charge in [-0.2, -0.15) is 0 Å². The lowest BCUT2D eigenvalue weighted by atomic mass is 10.2. The number of ketones is 1. The first-order chi connectivity index (χ1) is 4.25. The van der Waals surface area contributed by atoms with Crippen LogP contribution < -0.4 is 5.32 Å². The number of ether oxygens (including phenoxy) is 1. The number of nitrogens with one attached hydrogen (secondary N) is 1. The molecular weight excluding hydrogens is 122 g/mol. The van der Waals surface area contributed by atoms with E-state index in [2.05, 4.69) is 10.1 Å². The summed E-state index contributed by atoms with van der Waals surface area (Å²) >= 11 is 0. The molecule has 4 nitrogen and oxygen atoms in total. The van der Waals surface area contributed by atoms with Crippen LogP contribution in [0.2, 0.25) is 0 Å². The van der Waals surface area contributed by atoms with Gasteiger partial charge >= 0.3 is 0 Å².